The van der Waals surface area contributed by atoms with E-state index in [1.54, 1.807) is 96.9 Å². The molecule has 0 aliphatic heterocycles. The van der Waals surface area contributed by atoms with Crippen LogP contribution < -0.4 is 134 Å². The summed E-state index contributed by atoms with van der Waals surface area (Å²) in [4.78, 5) is 46.0. The molecule has 0 aliphatic rings. The summed E-state index contributed by atoms with van der Waals surface area (Å²) in [5.41, 5.74) is 9.90. The van der Waals surface area contributed by atoms with Gasteiger partial charge in [0.1, 0.15) is 41.7 Å². The molecule has 0 radical (unpaired) electrons. The second kappa shape index (κ2) is 50.4. The number of halogens is 1. The third-order valence-electron chi connectivity index (χ3n) is 9.61. The van der Waals surface area contributed by atoms with E-state index >= 15 is 0 Å². The van der Waals surface area contributed by atoms with Gasteiger partial charge in [-0.15, -0.1) is 0 Å². The van der Waals surface area contributed by atoms with Gasteiger partial charge in [0, 0.05) is 62.7 Å². The molecule has 3 aromatic heterocycles. The summed E-state index contributed by atoms with van der Waals surface area (Å²) >= 11 is 3.33. The van der Waals surface area contributed by atoms with Crippen molar-refractivity contribution >= 4 is 34.6 Å². The molecule has 0 aliphatic carbocycles. The Morgan fingerprint density at radius 2 is 0.939 bits per heavy atom. The van der Waals surface area contributed by atoms with Crippen LogP contribution in [0.3, 0.4) is 0 Å². The summed E-state index contributed by atoms with van der Waals surface area (Å²) in [6, 6.07) is 32.8. The molecule has 0 spiro atoms. The minimum atomic E-state index is -0.734. The monoisotopic (exact) mass is 1260 g/mol. The number of hydrogen-bond donors (Lipinski definition) is 8. The van der Waals surface area contributed by atoms with Gasteiger partial charge in [0.25, 0.3) is 6.47 Å². The molecule has 0 bridgehead atoms. The summed E-state index contributed by atoms with van der Waals surface area (Å²) in [5.74, 6) is 1.53. The molecule has 3 aromatic carbocycles. The molecular weight excluding hydrogens is 1170 g/mol. The molecule has 6 aromatic rings. The van der Waals surface area contributed by atoms with Crippen LogP contribution in [0.25, 0.3) is 0 Å². The number of rotatable bonds is 19. The molecule has 0 saturated heterocycles. The molecule has 3 heterocycles. The van der Waals surface area contributed by atoms with Gasteiger partial charge >= 0.3 is 115 Å². The molecule has 0 unspecified atom stereocenters. The number of aromatic hydroxyl groups is 1. The molecule has 23 heteroatoms. The number of nitrogens with zero attached hydrogens (tertiary/aromatic N) is 3. The Bertz CT molecular complexity index is 2530. The first-order valence-corrected chi connectivity index (χ1v) is 25.7. The molecule has 9 N–H and O–H groups in total. The molecule has 0 fully saturated rings. The number of phenols is 1. The number of carbonyl (C=O) groups excluding carboxylic acids is 3. The van der Waals surface area contributed by atoms with E-state index in [2.05, 4.69) is 46.4 Å². The predicted octanol–water partition coefficient (Wildman–Crippen LogP) is 3.40. The van der Waals surface area contributed by atoms with Crippen molar-refractivity contribution in [1.82, 2.24) is 25.6 Å². The van der Waals surface area contributed by atoms with Gasteiger partial charge in [0.05, 0.1) is 18.3 Å². The van der Waals surface area contributed by atoms with E-state index in [0.717, 1.165) is 40.4 Å². The standard InChI is InChI=1S/C20H26N2O4.C15H18N2O2.C14H21NO4.C6H6BrN.CH2O3.CH4O.2CH4.2K.H/c1-20(2,3)26-19(24)22-12-9-18(23)16-5-4-6-17(13-16)25-14-15-7-10-21-11-8-15;16-7-4-15(18)13-2-1-3-14(10-13)19-11-12-5-8-17-9-6-12;1-14(2,3)19-13(18)15-8-7-12(17)10-5-4-6-11(16)9-10;7-5-6-1-3-8-4-2-6;2-1-4-3;1-2;;;;;/h4-8,10-11,13,18,23H,9,12,14H2,1-3H3,(H,22,24);1-3,5-6,8-10,15,18H,4,7,11,16H2;4-6,9,12,16-17H,7-8H2,1-3H3,(H,15,18);1-4H,5H2;1,3H;2H,1H3;2*1H4;;;/q;;;;;;;;2*+1;-1/p-1/t18-;15-;12-;;;;;;;;/m111......../s1. The first kappa shape index (κ1) is 84.5. The number of alkyl carbamates (subject to hydrolysis) is 2. The van der Waals surface area contributed by atoms with Crippen LogP contribution in [0.2, 0.25) is 0 Å². The largest absolute Gasteiger partial charge is 1.00 e. The van der Waals surface area contributed by atoms with Crippen LogP contribution in [0.5, 0.6) is 17.2 Å². The quantitative estimate of drug-likeness (QED) is 0.0189. The molecule has 3 atom stereocenters. The van der Waals surface area contributed by atoms with Crippen LogP contribution in [0.1, 0.15) is 129 Å². The molecule has 6 rings (SSSR count). The van der Waals surface area contributed by atoms with E-state index in [1.807, 2.05) is 78.9 Å². The first-order valence-electron chi connectivity index (χ1n) is 24.6. The zero-order valence-corrected chi connectivity index (χ0v) is 55.1. The number of amides is 2. The summed E-state index contributed by atoms with van der Waals surface area (Å²) in [6.07, 6.45) is 8.81. The number of nitrogens with two attached hydrogens (primary N) is 1. The van der Waals surface area contributed by atoms with E-state index in [1.165, 1.54) is 17.7 Å². The average molecular weight is 1260 g/mol. The zero-order chi connectivity index (χ0) is 58.2. The molecular formula is C59H85BrK2N6O14. The van der Waals surface area contributed by atoms with Gasteiger partial charge in [-0.05, 0) is 174 Å². The second-order valence-electron chi connectivity index (χ2n) is 18.3. The molecule has 2 amide bonds. The van der Waals surface area contributed by atoms with E-state index < -0.39 is 41.7 Å². The Balaban J connectivity index is -0.000000322. The SMILES string of the molecule is BrCc1ccncc1.C.C.CC(C)(C)OC(=O)NCC[C@@H](O)c1cccc(O)c1.CC(C)(C)OC(=O)NCC[C@@H](O)c1cccc(OCc2ccncc2)c1.CO.NCC[C@@H](O)c1cccc(OCc2ccncc2)c1.O=CO[O-].[H-].[K+].[K+]. The Morgan fingerprint density at radius 3 is 1.24 bits per heavy atom. The normalized spacial score (nSPS) is 10.9. The number of hydrogen-bond acceptors (Lipinski definition) is 18. The number of nitrogens with one attached hydrogen (secondary N) is 2. The van der Waals surface area contributed by atoms with E-state index in [4.69, 9.17) is 39.8 Å². The fraction of sp³-hybridized carbons (Fsp3) is 0.390. The first-order chi connectivity index (χ1) is 37.2. The van der Waals surface area contributed by atoms with Crippen molar-refractivity contribution in [2.24, 2.45) is 5.73 Å². The van der Waals surface area contributed by atoms with Crippen molar-refractivity contribution < 1.29 is 173 Å². The number of pyridine rings is 3. The van der Waals surface area contributed by atoms with Crippen LogP contribution in [-0.2, 0) is 37.7 Å². The van der Waals surface area contributed by atoms with Gasteiger partial charge in [-0.25, -0.2) is 9.59 Å². The van der Waals surface area contributed by atoms with Crippen molar-refractivity contribution in [1.29, 1.82) is 0 Å². The minimum Gasteiger partial charge on any atom is -1.00 e. The van der Waals surface area contributed by atoms with Gasteiger partial charge in [-0.3, -0.25) is 19.7 Å². The molecule has 20 nitrogen and oxygen atoms in total. The molecule has 444 valence electrons. The van der Waals surface area contributed by atoms with Crippen LogP contribution in [0.15, 0.2) is 146 Å². The second-order valence-corrected chi connectivity index (χ2v) is 18.8. The van der Waals surface area contributed by atoms with Crippen molar-refractivity contribution in [3.63, 3.8) is 0 Å². The van der Waals surface area contributed by atoms with E-state index in [-0.39, 0.29) is 131 Å². The fourth-order valence-electron chi connectivity index (χ4n) is 6.03. The Labute approximate surface area is 579 Å². The smallest absolute Gasteiger partial charge is 1.00 e. The number of ether oxygens (including phenoxy) is 4. The number of aliphatic hydroxyl groups is 4. The van der Waals surface area contributed by atoms with Crippen molar-refractivity contribution in [2.45, 2.75) is 124 Å². The van der Waals surface area contributed by atoms with Gasteiger partial charge in [-0.1, -0.05) is 67.2 Å². The Morgan fingerprint density at radius 1 is 0.610 bits per heavy atom. The van der Waals surface area contributed by atoms with Crippen LogP contribution in [0, 0.1) is 0 Å². The van der Waals surface area contributed by atoms with Crippen LogP contribution >= 0.6 is 15.9 Å². The molecule has 82 heavy (non-hydrogen) atoms. The predicted molar refractivity (Wildman–Crippen MR) is 311 cm³/mol. The zero-order valence-electron chi connectivity index (χ0n) is 48.2. The van der Waals surface area contributed by atoms with Gasteiger partial charge < -0.3 is 72.4 Å². The van der Waals surface area contributed by atoms with Gasteiger partial charge in [-0.2, -0.15) is 0 Å². The third-order valence-corrected chi connectivity index (χ3v) is 10.3. The maximum atomic E-state index is 11.6. The minimum absolute atomic E-state index is 0. The summed E-state index contributed by atoms with van der Waals surface area (Å²) in [5, 5.41) is 61.0. The maximum absolute atomic E-state index is 11.6. The number of phenolic OH excluding ortho intramolecular Hbond substituents is 1. The average Bonchev–Trinajstić information content (AvgIpc) is 3.43. The van der Waals surface area contributed by atoms with Crippen LogP contribution in [-0.4, -0.2) is 97.1 Å². The van der Waals surface area contributed by atoms with Gasteiger partial charge in [0.2, 0.25) is 0 Å². The number of aromatic nitrogens is 3. The summed E-state index contributed by atoms with van der Waals surface area (Å²) in [7, 11) is 1.00. The van der Waals surface area contributed by atoms with Crippen molar-refractivity contribution in [2.75, 3.05) is 26.7 Å². The molecule has 0 saturated carbocycles. The number of benzene rings is 3. The number of aliphatic hydroxyl groups excluding tert-OH is 4. The fourth-order valence-corrected chi connectivity index (χ4v) is 6.40. The van der Waals surface area contributed by atoms with Crippen molar-refractivity contribution in [3.8, 4) is 17.2 Å². The van der Waals surface area contributed by atoms with E-state index in [0.29, 0.717) is 63.4 Å². The Hall–Kier alpha value is -3.97. The Kier molecular flexibility index (Phi) is 51.9. The number of carbonyl (C=O) groups is 3. The maximum Gasteiger partial charge on any atom is 1.00 e. The van der Waals surface area contributed by atoms with E-state index in [9.17, 15) is 30.0 Å². The summed E-state index contributed by atoms with van der Waals surface area (Å²) in [6.45, 7) is 12.6. The number of alkyl halides is 1. The third kappa shape index (κ3) is 42.8. The van der Waals surface area contributed by atoms with Crippen LogP contribution in [0.4, 0.5) is 9.59 Å². The topological polar surface area (TPSA) is 310 Å². The van der Waals surface area contributed by atoms with Gasteiger partial charge in [0.15, 0.2) is 0 Å². The summed E-state index contributed by atoms with van der Waals surface area (Å²) < 4.78 is 21.7. The van der Waals surface area contributed by atoms with Crippen molar-refractivity contribution in [3.05, 3.63) is 180 Å².